The van der Waals surface area contributed by atoms with E-state index in [9.17, 15) is 4.79 Å². The number of aromatic nitrogens is 1. The van der Waals surface area contributed by atoms with Crippen LogP contribution in [0.25, 0.3) is 0 Å². The summed E-state index contributed by atoms with van der Waals surface area (Å²) in [7, 11) is 2.12. The van der Waals surface area contributed by atoms with Gasteiger partial charge < -0.3 is 16.0 Å². The molecule has 0 atom stereocenters. The number of halogens is 1. The van der Waals surface area contributed by atoms with Gasteiger partial charge in [-0.05, 0) is 45.0 Å². The predicted octanol–water partition coefficient (Wildman–Crippen LogP) is 1.39. The van der Waals surface area contributed by atoms with E-state index < -0.39 is 0 Å². The first-order valence-electron chi connectivity index (χ1n) is 6.44. The lowest BCUT2D eigenvalue weighted by Crippen LogP contribution is -2.37. The van der Waals surface area contributed by atoms with Crippen molar-refractivity contribution in [2.75, 3.05) is 32.4 Å². The van der Waals surface area contributed by atoms with Gasteiger partial charge in [-0.15, -0.1) is 0 Å². The van der Waals surface area contributed by atoms with Gasteiger partial charge in [0, 0.05) is 6.54 Å². The third-order valence-corrected chi connectivity index (χ3v) is 3.80. The molecule has 1 saturated heterocycles. The van der Waals surface area contributed by atoms with E-state index >= 15 is 0 Å². The standard InChI is InChI=1S/C13H19ClN4O/c1-18-4-2-9(3-5-18)7-17-13(19)11-6-10(15)8-16-12(11)14/h6,8-9H,2-5,7,15H2,1H3,(H,17,19). The number of nitrogen functional groups attached to an aromatic ring is 1. The van der Waals surface area contributed by atoms with Gasteiger partial charge in [-0.25, -0.2) is 4.98 Å². The van der Waals surface area contributed by atoms with Crippen LogP contribution in [0, 0.1) is 5.92 Å². The number of rotatable bonds is 3. The Morgan fingerprint density at radius 2 is 2.26 bits per heavy atom. The quantitative estimate of drug-likeness (QED) is 0.822. The van der Waals surface area contributed by atoms with E-state index in [1.807, 2.05) is 0 Å². The minimum Gasteiger partial charge on any atom is -0.397 e. The second kappa shape index (κ2) is 6.21. The maximum atomic E-state index is 12.0. The number of anilines is 1. The molecule has 0 bridgehead atoms. The van der Waals surface area contributed by atoms with Crippen molar-refractivity contribution in [2.45, 2.75) is 12.8 Å². The summed E-state index contributed by atoms with van der Waals surface area (Å²) in [6, 6.07) is 1.55. The molecule has 1 aliphatic rings. The minimum absolute atomic E-state index is 0.190. The largest absolute Gasteiger partial charge is 0.397 e. The van der Waals surface area contributed by atoms with Crippen molar-refractivity contribution < 1.29 is 4.79 Å². The number of likely N-dealkylation sites (tertiary alicyclic amines) is 1. The van der Waals surface area contributed by atoms with E-state index in [-0.39, 0.29) is 11.1 Å². The van der Waals surface area contributed by atoms with Crippen LogP contribution >= 0.6 is 11.6 Å². The summed E-state index contributed by atoms with van der Waals surface area (Å²) < 4.78 is 0. The van der Waals surface area contributed by atoms with Gasteiger partial charge in [0.05, 0.1) is 17.4 Å². The Balaban J connectivity index is 1.89. The number of carbonyl (C=O) groups excluding carboxylic acids is 1. The second-order valence-electron chi connectivity index (χ2n) is 5.06. The van der Waals surface area contributed by atoms with E-state index in [0.29, 0.717) is 23.7 Å². The molecule has 0 aliphatic carbocycles. The zero-order valence-corrected chi connectivity index (χ0v) is 11.8. The van der Waals surface area contributed by atoms with Gasteiger partial charge in [0.2, 0.25) is 0 Å². The fraction of sp³-hybridized carbons (Fsp3) is 0.538. The van der Waals surface area contributed by atoms with E-state index in [0.717, 1.165) is 25.9 Å². The van der Waals surface area contributed by atoms with E-state index in [1.54, 1.807) is 6.07 Å². The van der Waals surface area contributed by atoms with Crippen molar-refractivity contribution >= 4 is 23.2 Å². The molecule has 5 nitrogen and oxygen atoms in total. The zero-order chi connectivity index (χ0) is 13.8. The lowest BCUT2D eigenvalue weighted by Gasteiger charge is -2.28. The highest BCUT2D eigenvalue weighted by atomic mass is 35.5. The van der Waals surface area contributed by atoms with Gasteiger partial charge in [0.15, 0.2) is 0 Å². The van der Waals surface area contributed by atoms with Gasteiger partial charge in [0.1, 0.15) is 5.15 Å². The number of nitrogens with zero attached hydrogens (tertiary/aromatic N) is 2. The first kappa shape index (κ1) is 14.1. The normalized spacial score (nSPS) is 17.4. The van der Waals surface area contributed by atoms with Crippen LogP contribution in [-0.2, 0) is 0 Å². The Morgan fingerprint density at radius 3 is 2.95 bits per heavy atom. The summed E-state index contributed by atoms with van der Waals surface area (Å²) >= 11 is 5.90. The lowest BCUT2D eigenvalue weighted by molar-refractivity contribution is 0.0939. The zero-order valence-electron chi connectivity index (χ0n) is 11.0. The third kappa shape index (κ3) is 3.81. The number of hydrogen-bond donors (Lipinski definition) is 2. The summed E-state index contributed by atoms with van der Waals surface area (Å²) in [5.74, 6) is 0.330. The Labute approximate surface area is 118 Å². The molecule has 104 valence electrons. The van der Waals surface area contributed by atoms with Crippen LogP contribution in [0.15, 0.2) is 12.3 Å². The average molecular weight is 283 g/mol. The fourth-order valence-electron chi connectivity index (χ4n) is 2.22. The van der Waals surface area contributed by atoms with Gasteiger partial charge >= 0.3 is 0 Å². The molecular weight excluding hydrogens is 264 g/mol. The lowest BCUT2D eigenvalue weighted by atomic mass is 9.97. The molecule has 2 rings (SSSR count). The van der Waals surface area contributed by atoms with Crippen molar-refractivity contribution in [2.24, 2.45) is 5.92 Å². The number of amides is 1. The molecule has 1 amide bonds. The maximum absolute atomic E-state index is 12.0. The van der Waals surface area contributed by atoms with Crippen molar-refractivity contribution in [3.05, 3.63) is 23.0 Å². The Hall–Kier alpha value is -1.33. The van der Waals surface area contributed by atoms with Crippen molar-refractivity contribution in [1.29, 1.82) is 0 Å². The maximum Gasteiger partial charge on any atom is 0.254 e. The van der Waals surface area contributed by atoms with Crippen LogP contribution in [0.5, 0.6) is 0 Å². The van der Waals surface area contributed by atoms with Gasteiger partial charge in [-0.3, -0.25) is 4.79 Å². The highest BCUT2D eigenvalue weighted by Crippen LogP contribution is 2.17. The summed E-state index contributed by atoms with van der Waals surface area (Å²) in [6.45, 7) is 2.85. The number of nitrogens with one attached hydrogen (secondary N) is 1. The molecule has 1 aromatic heterocycles. The van der Waals surface area contributed by atoms with Gasteiger partial charge in [0.25, 0.3) is 5.91 Å². The third-order valence-electron chi connectivity index (χ3n) is 3.49. The van der Waals surface area contributed by atoms with Crippen LogP contribution in [0.1, 0.15) is 23.2 Å². The molecule has 3 N–H and O–H groups in total. The summed E-state index contributed by atoms with van der Waals surface area (Å²) in [5.41, 5.74) is 6.39. The number of piperidine rings is 1. The summed E-state index contributed by atoms with van der Waals surface area (Å²) in [4.78, 5) is 18.2. The first-order valence-corrected chi connectivity index (χ1v) is 6.82. The fourth-order valence-corrected chi connectivity index (χ4v) is 2.41. The molecule has 0 spiro atoms. The molecule has 19 heavy (non-hydrogen) atoms. The number of nitrogens with two attached hydrogens (primary N) is 1. The average Bonchev–Trinajstić information content (AvgIpc) is 2.40. The minimum atomic E-state index is -0.205. The molecule has 1 fully saturated rings. The van der Waals surface area contributed by atoms with Crippen LogP contribution in [0.3, 0.4) is 0 Å². The van der Waals surface area contributed by atoms with Crippen LogP contribution in [0.4, 0.5) is 5.69 Å². The van der Waals surface area contributed by atoms with Crippen molar-refractivity contribution in [3.63, 3.8) is 0 Å². The van der Waals surface area contributed by atoms with Crippen LogP contribution in [-0.4, -0.2) is 42.5 Å². The van der Waals surface area contributed by atoms with E-state index in [1.165, 1.54) is 6.20 Å². The summed E-state index contributed by atoms with van der Waals surface area (Å²) in [5, 5.41) is 3.10. The molecule has 0 unspecified atom stereocenters. The molecule has 6 heteroatoms. The van der Waals surface area contributed by atoms with Crippen molar-refractivity contribution in [3.8, 4) is 0 Å². The van der Waals surface area contributed by atoms with Gasteiger partial charge in [-0.1, -0.05) is 11.6 Å². The van der Waals surface area contributed by atoms with Gasteiger partial charge in [-0.2, -0.15) is 0 Å². The van der Waals surface area contributed by atoms with E-state index in [2.05, 4.69) is 22.2 Å². The molecule has 0 radical (unpaired) electrons. The molecule has 1 aromatic rings. The highest BCUT2D eigenvalue weighted by molar-refractivity contribution is 6.32. The highest BCUT2D eigenvalue weighted by Gasteiger charge is 2.18. The smallest absolute Gasteiger partial charge is 0.254 e. The Bertz CT molecular complexity index is 458. The molecule has 0 saturated carbocycles. The molecule has 0 aromatic carbocycles. The second-order valence-corrected chi connectivity index (χ2v) is 5.42. The Morgan fingerprint density at radius 1 is 1.58 bits per heavy atom. The summed E-state index contributed by atoms with van der Waals surface area (Å²) in [6.07, 6.45) is 3.66. The topological polar surface area (TPSA) is 71.2 Å². The molecule has 2 heterocycles. The molecule has 1 aliphatic heterocycles. The number of pyridine rings is 1. The number of carbonyl (C=O) groups is 1. The van der Waals surface area contributed by atoms with Crippen molar-refractivity contribution in [1.82, 2.24) is 15.2 Å². The predicted molar refractivity (Wildman–Crippen MR) is 76.2 cm³/mol. The monoisotopic (exact) mass is 282 g/mol. The Kier molecular flexibility index (Phi) is 4.61. The van der Waals surface area contributed by atoms with Crippen LogP contribution in [0.2, 0.25) is 5.15 Å². The van der Waals surface area contributed by atoms with E-state index in [4.69, 9.17) is 17.3 Å². The number of hydrogen-bond acceptors (Lipinski definition) is 4. The van der Waals surface area contributed by atoms with Crippen LogP contribution < -0.4 is 11.1 Å². The first-order chi connectivity index (χ1) is 9.06. The molecular formula is C13H19ClN4O. The SMILES string of the molecule is CN1CCC(CNC(=O)c2cc(N)cnc2Cl)CC1.